The van der Waals surface area contributed by atoms with E-state index in [2.05, 4.69) is 24.2 Å². The minimum Gasteiger partial charge on any atom is -0.317 e. The molecule has 1 aliphatic carbocycles. The Morgan fingerprint density at radius 1 is 0.889 bits per heavy atom. The molecule has 2 saturated heterocycles. The Morgan fingerprint density at radius 3 is 2.22 bits per heavy atom. The van der Waals surface area contributed by atoms with Gasteiger partial charge in [0.25, 0.3) is 0 Å². The van der Waals surface area contributed by atoms with Gasteiger partial charge in [0.05, 0.1) is 0 Å². The first-order chi connectivity index (χ1) is 8.79. The third kappa shape index (κ3) is 2.34. The number of hydrogen-bond donors (Lipinski definition) is 1. The summed E-state index contributed by atoms with van der Waals surface area (Å²) < 4.78 is 0. The minimum atomic E-state index is 0.792. The van der Waals surface area contributed by atoms with Crippen LogP contribution in [0.4, 0.5) is 0 Å². The van der Waals surface area contributed by atoms with Gasteiger partial charge in [-0.1, -0.05) is 26.2 Å². The van der Waals surface area contributed by atoms with Crippen molar-refractivity contribution in [3.63, 3.8) is 0 Å². The molecule has 0 aromatic heterocycles. The summed E-state index contributed by atoms with van der Waals surface area (Å²) in [6.07, 6.45) is 13.1. The predicted octanol–water partition coefficient (Wildman–Crippen LogP) is 3.17. The van der Waals surface area contributed by atoms with E-state index in [1.165, 1.54) is 57.8 Å². The lowest BCUT2D eigenvalue weighted by molar-refractivity contribution is 0.0419. The smallest absolute Gasteiger partial charge is 0.0127 e. The molecule has 0 aromatic carbocycles. The van der Waals surface area contributed by atoms with Gasteiger partial charge in [-0.25, -0.2) is 0 Å². The van der Waals surface area contributed by atoms with Crippen molar-refractivity contribution in [1.29, 1.82) is 0 Å². The molecule has 4 atom stereocenters. The molecule has 3 aliphatic rings. The molecule has 2 aliphatic heterocycles. The maximum atomic E-state index is 3.53. The molecule has 104 valence electrons. The third-order valence-corrected chi connectivity index (χ3v) is 5.90. The van der Waals surface area contributed by atoms with Crippen LogP contribution in [0.1, 0.15) is 64.7 Å². The highest BCUT2D eigenvalue weighted by Gasteiger charge is 2.44. The van der Waals surface area contributed by atoms with Crippen LogP contribution in [-0.2, 0) is 0 Å². The van der Waals surface area contributed by atoms with Crippen LogP contribution < -0.4 is 5.32 Å². The van der Waals surface area contributed by atoms with E-state index >= 15 is 0 Å². The standard InChI is InChI=1S/C16H30N2/c1-12-6-4-3-5-7-16(12)18-14-8-9-15(18)11-13(10-14)17-2/h12-17H,3-11H2,1-2H3. The molecule has 1 saturated carbocycles. The Kier molecular flexibility index (Phi) is 3.95. The van der Waals surface area contributed by atoms with Crippen molar-refractivity contribution in [3.8, 4) is 0 Å². The summed E-state index contributed by atoms with van der Waals surface area (Å²) >= 11 is 0. The van der Waals surface area contributed by atoms with Gasteiger partial charge in [0.2, 0.25) is 0 Å². The van der Waals surface area contributed by atoms with E-state index in [0.29, 0.717) is 0 Å². The molecule has 0 amide bonds. The highest BCUT2D eigenvalue weighted by atomic mass is 15.3. The molecule has 2 heterocycles. The normalized spacial score (nSPS) is 46.0. The molecule has 0 aromatic rings. The van der Waals surface area contributed by atoms with Gasteiger partial charge in [-0.15, -0.1) is 0 Å². The molecule has 18 heavy (non-hydrogen) atoms. The van der Waals surface area contributed by atoms with E-state index in [9.17, 15) is 0 Å². The minimum absolute atomic E-state index is 0.792. The quantitative estimate of drug-likeness (QED) is 0.757. The topological polar surface area (TPSA) is 15.3 Å². The molecule has 1 N–H and O–H groups in total. The molecule has 2 nitrogen and oxygen atoms in total. The van der Waals surface area contributed by atoms with Gasteiger partial charge in [0.1, 0.15) is 0 Å². The molecule has 2 heteroatoms. The van der Waals surface area contributed by atoms with E-state index in [1.54, 1.807) is 0 Å². The van der Waals surface area contributed by atoms with Crippen molar-refractivity contribution in [1.82, 2.24) is 10.2 Å². The van der Waals surface area contributed by atoms with E-state index in [0.717, 1.165) is 30.1 Å². The lowest BCUT2D eigenvalue weighted by Gasteiger charge is -2.45. The third-order valence-electron chi connectivity index (χ3n) is 5.90. The van der Waals surface area contributed by atoms with E-state index in [4.69, 9.17) is 0 Å². The summed E-state index contributed by atoms with van der Waals surface area (Å²) in [5.41, 5.74) is 0. The monoisotopic (exact) mass is 250 g/mol. The van der Waals surface area contributed by atoms with E-state index in [-0.39, 0.29) is 0 Å². The van der Waals surface area contributed by atoms with Crippen LogP contribution in [0.25, 0.3) is 0 Å². The first kappa shape index (κ1) is 12.9. The lowest BCUT2D eigenvalue weighted by Crippen LogP contribution is -2.54. The zero-order chi connectivity index (χ0) is 12.5. The molecule has 4 unspecified atom stereocenters. The average Bonchev–Trinajstić information content (AvgIpc) is 2.59. The fraction of sp³-hybridized carbons (Fsp3) is 1.00. The fourth-order valence-electron chi connectivity index (χ4n) is 4.91. The average molecular weight is 250 g/mol. The van der Waals surface area contributed by atoms with Crippen molar-refractivity contribution in [3.05, 3.63) is 0 Å². The summed E-state index contributed by atoms with van der Waals surface area (Å²) in [6.45, 7) is 2.51. The highest BCUT2D eigenvalue weighted by Crippen LogP contribution is 2.41. The van der Waals surface area contributed by atoms with E-state index < -0.39 is 0 Å². The summed E-state index contributed by atoms with van der Waals surface area (Å²) in [5.74, 6) is 0.932. The van der Waals surface area contributed by atoms with Crippen molar-refractivity contribution >= 4 is 0 Å². The Bertz CT molecular complexity index is 264. The molecular formula is C16H30N2. The Labute approximate surface area is 113 Å². The number of fused-ring (bicyclic) bond motifs is 2. The maximum Gasteiger partial charge on any atom is 0.0127 e. The summed E-state index contributed by atoms with van der Waals surface area (Å²) in [4.78, 5) is 2.98. The van der Waals surface area contributed by atoms with Gasteiger partial charge in [0, 0.05) is 24.2 Å². The van der Waals surface area contributed by atoms with Crippen LogP contribution >= 0.6 is 0 Å². The molecule has 0 spiro atoms. The molecule has 3 rings (SSSR count). The number of nitrogens with one attached hydrogen (secondary N) is 1. The van der Waals surface area contributed by atoms with Crippen LogP contribution in [0.15, 0.2) is 0 Å². The number of piperidine rings is 1. The first-order valence-corrected chi connectivity index (χ1v) is 8.24. The Balaban J connectivity index is 1.72. The van der Waals surface area contributed by atoms with Gasteiger partial charge in [-0.05, 0) is 51.5 Å². The van der Waals surface area contributed by atoms with Crippen LogP contribution in [0, 0.1) is 5.92 Å². The molecule has 0 radical (unpaired) electrons. The second-order valence-corrected chi connectivity index (χ2v) is 6.97. The van der Waals surface area contributed by atoms with Crippen molar-refractivity contribution in [2.45, 2.75) is 88.9 Å². The van der Waals surface area contributed by atoms with Gasteiger partial charge in [0.15, 0.2) is 0 Å². The Morgan fingerprint density at radius 2 is 1.56 bits per heavy atom. The molecule has 3 fully saturated rings. The Hall–Kier alpha value is -0.0800. The highest BCUT2D eigenvalue weighted by molar-refractivity contribution is 5.00. The fourth-order valence-corrected chi connectivity index (χ4v) is 4.91. The van der Waals surface area contributed by atoms with Crippen molar-refractivity contribution < 1.29 is 0 Å². The van der Waals surface area contributed by atoms with Crippen LogP contribution in [0.3, 0.4) is 0 Å². The van der Waals surface area contributed by atoms with Gasteiger partial charge < -0.3 is 5.32 Å². The number of hydrogen-bond acceptors (Lipinski definition) is 2. The van der Waals surface area contributed by atoms with Crippen LogP contribution in [-0.4, -0.2) is 36.1 Å². The second kappa shape index (κ2) is 5.50. The predicted molar refractivity (Wildman–Crippen MR) is 76.8 cm³/mol. The molecule has 2 bridgehead atoms. The first-order valence-electron chi connectivity index (χ1n) is 8.24. The SMILES string of the molecule is CNC1CC2CCC(C1)N2C1CCCCCC1C. The second-order valence-electron chi connectivity index (χ2n) is 6.97. The number of nitrogens with zero attached hydrogens (tertiary/aromatic N) is 1. The summed E-state index contributed by atoms with van der Waals surface area (Å²) in [5, 5.41) is 3.53. The van der Waals surface area contributed by atoms with Gasteiger partial charge in [-0.3, -0.25) is 4.90 Å². The maximum absolute atomic E-state index is 3.53. The zero-order valence-electron chi connectivity index (χ0n) is 12.2. The van der Waals surface area contributed by atoms with Crippen LogP contribution in [0.5, 0.6) is 0 Å². The van der Waals surface area contributed by atoms with Crippen molar-refractivity contribution in [2.75, 3.05) is 7.05 Å². The summed E-state index contributed by atoms with van der Waals surface area (Å²) in [6, 6.07) is 3.49. The van der Waals surface area contributed by atoms with Gasteiger partial charge >= 0.3 is 0 Å². The summed E-state index contributed by atoms with van der Waals surface area (Å²) in [7, 11) is 2.15. The van der Waals surface area contributed by atoms with Crippen molar-refractivity contribution in [2.24, 2.45) is 5.92 Å². The zero-order valence-corrected chi connectivity index (χ0v) is 12.2. The largest absolute Gasteiger partial charge is 0.317 e. The molecular weight excluding hydrogens is 220 g/mol. The van der Waals surface area contributed by atoms with E-state index in [1.807, 2.05) is 0 Å². The lowest BCUT2D eigenvalue weighted by atomic mass is 9.89. The number of rotatable bonds is 2. The van der Waals surface area contributed by atoms with Crippen LogP contribution in [0.2, 0.25) is 0 Å². The van der Waals surface area contributed by atoms with Gasteiger partial charge in [-0.2, -0.15) is 0 Å².